The number of rotatable bonds is 7. The van der Waals surface area contributed by atoms with Gasteiger partial charge in [-0.25, -0.2) is 13.1 Å². The molecule has 6 heteroatoms. The number of sulfonamides is 1. The smallest absolute Gasteiger partial charge is 0.211 e. The van der Waals surface area contributed by atoms with E-state index in [2.05, 4.69) is 16.6 Å². The van der Waals surface area contributed by atoms with Crippen molar-refractivity contribution in [3.05, 3.63) is 21.9 Å². The van der Waals surface area contributed by atoms with Crippen LogP contribution >= 0.6 is 11.3 Å². The highest BCUT2D eigenvalue weighted by atomic mass is 32.2. The summed E-state index contributed by atoms with van der Waals surface area (Å²) in [5.74, 6) is 6.31. The van der Waals surface area contributed by atoms with E-state index in [-0.39, 0.29) is 12.4 Å². The maximum absolute atomic E-state index is 11.8. The molecule has 0 spiro atoms. The first kappa shape index (κ1) is 17.2. The van der Waals surface area contributed by atoms with Gasteiger partial charge in [0.2, 0.25) is 10.0 Å². The van der Waals surface area contributed by atoms with Crippen LogP contribution in [-0.2, 0) is 16.6 Å². The minimum Gasteiger partial charge on any atom is -0.395 e. The Hall–Kier alpha value is -0.870. The number of thiophene rings is 1. The molecule has 1 heterocycles. The lowest BCUT2D eigenvalue weighted by Gasteiger charge is -2.07. The van der Waals surface area contributed by atoms with Crippen molar-refractivity contribution >= 4 is 21.4 Å². The Bertz CT molecular complexity index is 565. The Morgan fingerprint density at radius 1 is 1.45 bits per heavy atom. The van der Waals surface area contributed by atoms with Gasteiger partial charge in [0.25, 0.3) is 0 Å². The molecule has 1 aromatic heterocycles. The van der Waals surface area contributed by atoms with Gasteiger partial charge >= 0.3 is 0 Å². The van der Waals surface area contributed by atoms with Crippen LogP contribution < -0.4 is 4.72 Å². The fraction of sp³-hybridized carbons (Fsp3) is 0.571. The van der Waals surface area contributed by atoms with Crippen LogP contribution in [0, 0.1) is 17.8 Å². The van der Waals surface area contributed by atoms with Crippen LogP contribution in [0.25, 0.3) is 0 Å². The quantitative estimate of drug-likeness (QED) is 0.756. The van der Waals surface area contributed by atoms with E-state index in [4.69, 9.17) is 5.11 Å². The van der Waals surface area contributed by atoms with Crippen molar-refractivity contribution in [1.82, 2.24) is 4.72 Å². The molecule has 4 nitrogen and oxygen atoms in total. The third-order valence-corrected chi connectivity index (χ3v) is 4.85. The fourth-order valence-electron chi connectivity index (χ4n) is 1.40. The minimum absolute atomic E-state index is 0.0552. The highest BCUT2D eigenvalue weighted by Gasteiger charge is 2.11. The average molecular weight is 315 g/mol. The zero-order valence-electron chi connectivity index (χ0n) is 11.8. The lowest BCUT2D eigenvalue weighted by Crippen LogP contribution is -2.26. The van der Waals surface area contributed by atoms with Gasteiger partial charge in [0.15, 0.2) is 0 Å². The molecule has 0 aliphatic carbocycles. The normalized spacial score (nSPS) is 11.4. The van der Waals surface area contributed by atoms with Gasteiger partial charge < -0.3 is 5.11 Å². The van der Waals surface area contributed by atoms with Crippen LogP contribution in [-0.4, -0.2) is 25.9 Å². The summed E-state index contributed by atoms with van der Waals surface area (Å²) in [6.45, 7) is 4.38. The molecular formula is C14H21NO3S2. The summed E-state index contributed by atoms with van der Waals surface area (Å²) in [4.78, 5) is 0.937. The molecule has 112 valence electrons. The summed E-state index contributed by atoms with van der Waals surface area (Å²) in [7, 11) is -3.20. The van der Waals surface area contributed by atoms with Crippen molar-refractivity contribution in [3.63, 3.8) is 0 Å². The molecular weight excluding hydrogens is 294 g/mol. The predicted molar refractivity (Wildman–Crippen MR) is 83.0 cm³/mol. The maximum atomic E-state index is 11.8. The van der Waals surface area contributed by atoms with Crippen molar-refractivity contribution in [2.75, 3.05) is 12.4 Å². The molecule has 0 fully saturated rings. The Kier molecular flexibility index (Phi) is 7.24. The zero-order valence-corrected chi connectivity index (χ0v) is 13.5. The number of nitrogens with one attached hydrogen (secondary N) is 1. The Balaban J connectivity index is 2.48. The number of hydrogen-bond acceptors (Lipinski definition) is 4. The van der Waals surface area contributed by atoms with Crippen molar-refractivity contribution in [3.8, 4) is 11.8 Å². The summed E-state index contributed by atoms with van der Waals surface area (Å²) in [5.41, 5.74) is 0.861. The highest BCUT2D eigenvalue weighted by molar-refractivity contribution is 7.89. The van der Waals surface area contributed by atoms with Gasteiger partial charge in [0.1, 0.15) is 0 Å². The Morgan fingerprint density at radius 3 is 2.85 bits per heavy atom. The Labute approximate surface area is 125 Å². The van der Waals surface area contributed by atoms with Crippen LogP contribution in [0.4, 0.5) is 0 Å². The molecule has 20 heavy (non-hydrogen) atoms. The first-order valence-electron chi connectivity index (χ1n) is 6.57. The first-order valence-corrected chi connectivity index (χ1v) is 9.10. The van der Waals surface area contributed by atoms with Crippen molar-refractivity contribution < 1.29 is 13.5 Å². The molecule has 1 aromatic rings. The van der Waals surface area contributed by atoms with Crippen molar-refractivity contribution in [1.29, 1.82) is 0 Å². The molecule has 0 aliphatic rings. The van der Waals surface area contributed by atoms with Crippen LogP contribution in [0.15, 0.2) is 11.4 Å². The van der Waals surface area contributed by atoms with E-state index in [1.54, 1.807) is 0 Å². The summed E-state index contributed by atoms with van der Waals surface area (Å²) in [5, 5.41) is 10.5. The van der Waals surface area contributed by atoms with E-state index in [9.17, 15) is 8.42 Å². The number of hydrogen-bond donors (Lipinski definition) is 2. The second-order valence-corrected chi connectivity index (χ2v) is 7.82. The van der Waals surface area contributed by atoms with Crippen LogP contribution in [0.1, 0.15) is 37.1 Å². The van der Waals surface area contributed by atoms with Crippen molar-refractivity contribution in [2.24, 2.45) is 5.92 Å². The SMILES string of the molecule is CC(C)CCS(=O)(=O)NCc1cc(C#CCCO)cs1. The molecule has 0 aliphatic heterocycles. The van der Waals surface area contributed by atoms with Crippen LogP contribution in [0.2, 0.25) is 0 Å². The Morgan fingerprint density at radius 2 is 2.20 bits per heavy atom. The molecule has 0 unspecified atom stereocenters. The van der Waals surface area contributed by atoms with Gasteiger partial charge in [-0.3, -0.25) is 0 Å². The maximum Gasteiger partial charge on any atom is 0.211 e. The highest BCUT2D eigenvalue weighted by Crippen LogP contribution is 2.14. The van der Waals surface area contributed by atoms with E-state index in [0.717, 1.165) is 10.4 Å². The molecule has 2 N–H and O–H groups in total. The fourth-order valence-corrected chi connectivity index (χ4v) is 3.55. The van der Waals surface area contributed by atoms with Crippen LogP contribution in [0.3, 0.4) is 0 Å². The second kappa shape index (κ2) is 8.42. The van der Waals surface area contributed by atoms with E-state index >= 15 is 0 Å². The monoisotopic (exact) mass is 315 g/mol. The van der Waals surface area contributed by atoms with E-state index in [1.165, 1.54) is 11.3 Å². The standard InChI is InChI=1S/C14H21NO3S2/c1-12(2)6-8-20(17,18)15-10-14-9-13(11-19-14)5-3-4-7-16/h9,11-12,15-16H,4,6-8,10H2,1-2H3. The van der Waals surface area contributed by atoms with Crippen LogP contribution in [0.5, 0.6) is 0 Å². The van der Waals surface area contributed by atoms with E-state index in [0.29, 0.717) is 25.3 Å². The largest absolute Gasteiger partial charge is 0.395 e. The third kappa shape index (κ3) is 7.06. The van der Waals surface area contributed by atoms with Gasteiger partial charge in [-0.1, -0.05) is 25.7 Å². The average Bonchev–Trinajstić information content (AvgIpc) is 2.83. The molecule has 0 saturated carbocycles. The van der Waals surface area contributed by atoms with E-state index < -0.39 is 10.0 Å². The molecule has 0 aromatic carbocycles. The molecule has 0 amide bonds. The predicted octanol–water partition coefficient (Wildman–Crippen LogP) is 1.95. The van der Waals surface area contributed by atoms with Crippen molar-refractivity contribution in [2.45, 2.75) is 33.2 Å². The first-order chi connectivity index (χ1) is 9.43. The summed E-state index contributed by atoms with van der Waals surface area (Å²) in [6, 6.07) is 1.88. The third-order valence-electron chi connectivity index (χ3n) is 2.55. The molecule has 0 bridgehead atoms. The molecule has 0 radical (unpaired) electrons. The lowest BCUT2D eigenvalue weighted by molar-refractivity contribution is 0.305. The van der Waals surface area contributed by atoms with E-state index in [1.807, 2.05) is 25.3 Å². The molecule has 0 atom stereocenters. The number of aliphatic hydroxyl groups excluding tert-OH is 1. The molecule has 1 rings (SSSR count). The second-order valence-electron chi connectivity index (χ2n) is 4.90. The summed E-state index contributed by atoms with van der Waals surface area (Å²) in [6.07, 6.45) is 1.12. The minimum atomic E-state index is -3.20. The molecule has 0 saturated heterocycles. The topological polar surface area (TPSA) is 66.4 Å². The zero-order chi connectivity index (χ0) is 15.0. The summed E-state index contributed by atoms with van der Waals surface area (Å²) >= 11 is 1.48. The van der Waals surface area contributed by atoms with Gasteiger partial charge in [-0.2, -0.15) is 0 Å². The van der Waals surface area contributed by atoms with Gasteiger partial charge in [-0.05, 0) is 18.4 Å². The van der Waals surface area contributed by atoms with Gasteiger partial charge in [0.05, 0.1) is 12.4 Å². The van der Waals surface area contributed by atoms with Gasteiger partial charge in [0, 0.05) is 28.8 Å². The lowest BCUT2D eigenvalue weighted by atomic mass is 10.2. The van der Waals surface area contributed by atoms with Gasteiger partial charge in [-0.15, -0.1) is 11.3 Å². The summed E-state index contributed by atoms with van der Waals surface area (Å²) < 4.78 is 26.1. The number of aliphatic hydroxyl groups is 1.